The first-order chi connectivity index (χ1) is 7.58. The number of carbonyl (C=O) groups is 1. The first-order valence-corrected chi connectivity index (χ1v) is 5.96. The molecule has 0 saturated heterocycles. The highest BCUT2D eigenvalue weighted by Crippen LogP contribution is 2.36. The van der Waals surface area contributed by atoms with Crippen molar-refractivity contribution < 1.29 is 14.3 Å². The van der Waals surface area contributed by atoms with Crippen molar-refractivity contribution >= 4 is 38.1 Å². The monoisotopic (exact) mass is 348 g/mol. The fraction of sp³-hybridized carbons (Fsp3) is 0.182. The van der Waals surface area contributed by atoms with Gasteiger partial charge in [-0.2, -0.15) is 0 Å². The molecule has 1 aromatic rings. The second-order valence-corrected chi connectivity index (χ2v) is 4.93. The number of aldehydes is 1. The quantitative estimate of drug-likeness (QED) is 0.762. The largest absolute Gasteiger partial charge is 0.493 e. The van der Waals surface area contributed by atoms with E-state index in [1.807, 2.05) is 0 Å². The average Bonchev–Trinajstić information content (AvgIpc) is 2.26. The van der Waals surface area contributed by atoms with Gasteiger partial charge in [-0.1, -0.05) is 22.5 Å². The third-order valence-corrected chi connectivity index (χ3v) is 2.58. The molecule has 0 spiro atoms. The van der Waals surface area contributed by atoms with Crippen molar-refractivity contribution in [3.8, 4) is 11.5 Å². The van der Waals surface area contributed by atoms with Gasteiger partial charge in [0.25, 0.3) is 0 Å². The zero-order valence-corrected chi connectivity index (χ0v) is 11.8. The van der Waals surface area contributed by atoms with Crippen molar-refractivity contribution in [2.75, 3.05) is 13.7 Å². The molecule has 16 heavy (non-hydrogen) atoms. The number of benzene rings is 1. The van der Waals surface area contributed by atoms with Gasteiger partial charge in [-0.25, -0.2) is 0 Å². The Hall–Kier alpha value is -0.810. The van der Waals surface area contributed by atoms with Gasteiger partial charge in [-0.3, -0.25) is 4.79 Å². The van der Waals surface area contributed by atoms with Crippen LogP contribution >= 0.6 is 31.9 Å². The standard InChI is InChI=1S/C11H10Br2O3/c1-7(12)6-16-11-9(13)3-8(5-14)4-10(11)15-2/h3-5H,1,6H2,2H3. The molecule has 86 valence electrons. The molecule has 0 atom stereocenters. The van der Waals surface area contributed by atoms with Gasteiger partial charge in [0.05, 0.1) is 11.6 Å². The third kappa shape index (κ3) is 3.35. The van der Waals surface area contributed by atoms with Crippen LogP contribution in [-0.2, 0) is 0 Å². The summed E-state index contributed by atoms with van der Waals surface area (Å²) in [5, 5.41) is 0. The van der Waals surface area contributed by atoms with Crippen molar-refractivity contribution in [1.82, 2.24) is 0 Å². The molecule has 0 unspecified atom stereocenters. The molecule has 0 amide bonds. The Morgan fingerprint density at radius 2 is 2.25 bits per heavy atom. The highest BCUT2D eigenvalue weighted by Gasteiger charge is 2.11. The number of hydrogen-bond acceptors (Lipinski definition) is 3. The van der Waals surface area contributed by atoms with Gasteiger partial charge in [-0.15, -0.1) is 0 Å². The highest BCUT2D eigenvalue weighted by atomic mass is 79.9. The summed E-state index contributed by atoms with van der Waals surface area (Å²) >= 11 is 6.52. The minimum atomic E-state index is 0.329. The summed E-state index contributed by atoms with van der Waals surface area (Å²) in [4.78, 5) is 10.7. The summed E-state index contributed by atoms with van der Waals surface area (Å²) in [5.41, 5.74) is 0.522. The maximum atomic E-state index is 10.7. The fourth-order valence-corrected chi connectivity index (χ4v) is 1.79. The van der Waals surface area contributed by atoms with Gasteiger partial charge in [0.15, 0.2) is 11.5 Å². The van der Waals surface area contributed by atoms with Gasteiger partial charge in [0.1, 0.15) is 12.9 Å². The van der Waals surface area contributed by atoms with Crippen LogP contribution in [0.1, 0.15) is 10.4 Å². The molecule has 3 nitrogen and oxygen atoms in total. The molecule has 0 fully saturated rings. The van der Waals surface area contributed by atoms with Crippen molar-refractivity contribution in [3.05, 3.63) is 33.2 Å². The third-order valence-electron chi connectivity index (χ3n) is 1.76. The number of rotatable bonds is 5. The Labute approximate surface area is 111 Å². The van der Waals surface area contributed by atoms with E-state index in [1.165, 1.54) is 7.11 Å². The van der Waals surface area contributed by atoms with E-state index >= 15 is 0 Å². The molecule has 0 aliphatic heterocycles. The van der Waals surface area contributed by atoms with E-state index < -0.39 is 0 Å². The molecule has 5 heteroatoms. The van der Waals surface area contributed by atoms with Crippen LogP contribution in [0.2, 0.25) is 0 Å². The fourth-order valence-electron chi connectivity index (χ4n) is 1.10. The predicted octanol–water partition coefficient (Wildman–Crippen LogP) is 3.56. The molecule has 0 radical (unpaired) electrons. The van der Waals surface area contributed by atoms with Crippen LogP contribution in [0.4, 0.5) is 0 Å². The number of halogens is 2. The number of hydrogen-bond donors (Lipinski definition) is 0. The van der Waals surface area contributed by atoms with Crippen molar-refractivity contribution in [2.24, 2.45) is 0 Å². The van der Waals surface area contributed by atoms with Crippen LogP contribution in [-0.4, -0.2) is 20.0 Å². The zero-order chi connectivity index (χ0) is 12.1. The number of carbonyl (C=O) groups excluding carboxylic acids is 1. The maximum absolute atomic E-state index is 10.7. The normalized spacial score (nSPS) is 9.69. The summed E-state index contributed by atoms with van der Waals surface area (Å²) < 4.78 is 12.0. The highest BCUT2D eigenvalue weighted by molar-refractivity contribution is 9.11. The minimum Gasteiger partial charge on any atom is -0.493 e. The van der Waals surface area contributed by atoms with Gasteiger partial charge in [0, 0.05) is 10.0 Å². The second-order valence-electron chi connectivity index (χ2n) is 2.96. The molecule has 1 aromatic carbocycles. The molecule has 0 bridgehead atoms. The van der Waals surface area contributed by atoms with Gasteiger partial charge >= 0.3 is 0 Å². The Balaban J connectivity index is 3.06. The van der Waals surface area contributed by atoms with Crippen LogP contribution < -0.4 is 9.47 Å². The maximum Gasteiger partial charge on any atom is 0.175 e. The summed E-state index contributed by atoms with van der Waals surface area (Å²) in [5.74, 6) is 1.05. The van der Waals surface area contributed by atoms with Crippen LogP contribution in [0.25, 0.3) is 0 Å². The molecule has 0 saturated carbocycles. The molecule has 0 aliphatic carbocycles. The van der Waals surface area contributed by atoms with E-state index in [-0.39, 0.29) is 0 Å². The average molecular weight is 350 g/mol. The van der Waals surface area contributed by atoms with Crippen molar-refractivity contribution in [2.45, 2.75) is 0 Å². The minimum absolute atomic E-state index is 0.329. The zero-order valence-electron chi connectivity index (χ0n) is 8.63. The Bertz CT molecular complexity index is 416. The topological polar surface area (TPSA) is 35.5 Å². The summed E-state index contributed by atoms with van der Waals surface area (Å²) in [6.07, 6.45) is 0.750. The van der Waals surface area contributed by atoms with Crippen LogP contribution in [0.15, 0.2) is 27.7 Å². The molecular weight excluding hydrogens is 340 g/mol. The predicted molar refractivity (Wildman–Crippen MR) is 69.6 cm³/mol. The van der Waals surface area contributed by atoms with E-state index in [1.54, 1.807) is 12.1 Å². The van der Waals surface area contributed by atoms with E-state index in [0.29, 0.717) is 28.1 Å². The van der Waals surface area contributed by atoms with Crippen molar-refractivity contribution in [1.29, 1.82) is 0 Å². The second kappa shape index (κ2) is 6.06. The van der Waals surface area contributed by atoms with Crippen LogP contribution in [0.3, 0.4) is 0 Å². The molecular formula is C11H10Br2O3. The Kier molecular flexibility index (Phi) is 5.02. The van der Waals surface area contributed by atoms with Crippen LogP contribution in [0, 0.1) is 0 Å². The molecule has 0 heterocycles. The summed E-state index contributed by atoms with van der Waals surface area (Å²) in [6.45, 7) is 4.00. The summed E-state index contributed by atoms with van der Waals surface area (Å²) in [7, 11) is 1.52. The molecule has 0 N–H and O–H groups in total. The lowest BCUT2D eigenvalue weighted by Crippen LogP contribution is -2.00. The van der Waals surface area contributed by atoms with Crippen LogP contribution in [0.5, 0.6) is 11.5 Å². The van der Waals surface area contributed by atoms with Gasteiger partial charge in [-0.05, 0) is 28.1 Å². The lowest BCUT2D eigenvalue weighted by atomic mass is 10.2. The van der Waals surface area contributed by atoms with Gasteiger partial charge < -0.3 is 9.47 Å². The van der Waals surface area contributed by atoms with E-state index in [2.05, 4.69) is 38.4 Å². The number of methoxy groups -OCH3 is 1. The summed E-state index contributed by atoms with van der Waals surface area (Å²) in [6, 6.07) is 3.28. The first kappa shape index (κ1) is 13.3. The SMILES string of the molecule is C=C(Br)COc1c(Br)cc(C=O)cc1OC. The number of ether oxygens (including phenoxy) is 2. The Morgan fingerprint density at radius 1 is 1.56 bits per heavy atom. The van der Waals surface area contributed by atoms with Crippen molar-refractivity contribution in [3.63, 3.8) is 0 Å². The lowest BCUT2D eigenvalue weighted by molar-refractivity contribution is 0.112. The molecule has 0 aromatic heterocycles. The van der Waals surface area contributed by atoms with E-state index in [9.17, 15) is 4.79 Å². The van der Waals surface area contributed by atoms with E-state index in [0.717, 1.165) is 10.8 Å². The molecule has 0 aliphatic rings. The van der Waals surface area contributed by atoms with E-state index in [4.69, 9.17) is 9.47 Å². The Morgan fingerprint density at radius 3 is 2.75 bits per heavy atom. The smallest absolute Gasteiger partial charge is 0.175 e. The molecule has 1 rings (SSSR count). The lowest BCUT2D eigenvalue weighted by Gasteiger charge is -2.12. The van der Waals surface area contributed by atoms with Gasteiger partial charge in [0.2, 0.25) is 0 Å². The first-order valence-electron chi connectivity index (χ1n) is 4.37.